The molecule has 3 N–H and O–H groups in total. The van der Waals surface area contributed by atoms with Crippen LogP contribution in [0, 0.1) is 17.1 Å². The molecule has 0 aliphatic carbocycles. The van der Waals surface area contributed by atoms with E-state index < -0.39 is 5.82 Å². The number of nitrogens with one attached hydrogen (secondary N) is 1. The number of nitriles is 1. The van der Waals surface area contributed by atoms with Gasteiger partial charge in [0.2, 0.25) is 0 Å². The van der Waals surface area contributed by atoms with Crippen molar-refractivity contribution in [3.63, 3.8) is 0 Å². The molecule has 5 nitrogen and oxygen atoms in total. The number of methoxy groups -OCH3 is 1. The van der Waals surface area contributed by atoms with Crippen LogP contribution in [-0.2, 0) is 6.42 Å². The van der Waals surface area contributed by atoms with Gasteiger partial charge in [-0.25, -0.2) is 9.37 Å². The highest BCUT2D eigenvalue weighted by Gasteiger charge is 2.17. The van der Waals surface area contributed by atoms with Gasteiger partial charge in [-0.1, -0.05) is 11.6 Å². The van der Waals surface area contributed by atoms with Crippen LogP contribution in [0.25, 0.3) is 10.9 Å². The number of hydrogen-bond acceptors (Lipinski definition) is 5. The first-order valence-corrected chi connectivity index (χ1v) is 8.88. The number of fused-ring (bicyclic) bond motifs is 1. The Labute approximate surface area is 165 Å². The number of pyridine rings is 1. The maximum atomic E-state index is 13.5. The van der Waals surface area contributed by atoms with E-state index >= 15 is 0 Å². The molecule has 138 valence electrons. The van der Waals surface area contributed by atoms with Gasteiger partial charge in [0.1, 0.15) is 29.0 Å². The molecule has 0 spiro atoms. The van der Waals surface area contributed by atoms with Crippen molar-refractivity contribution in [3.8, 4) is 11.8 Å². The molecular weight excluding hydrogens is 390 g/mol. The maximum absolute atomic E-state index is 13.5. The summed E-state index contributed by atoms with van der Waals surface area (Å²) in [7, 11) is 1.56. The molecule has 0 saturated heterocycles. The molecule has 3 rings (SSSR count). The smallest absolute Gasteiger partial charge is 0.144 e. The Kier molecular flexibility index (Phi) is 5.54. The minimum Gasteiger partial charge on any atom is -0.496 e. The van der Waals surface area contributed by atoms with Crippen molar-refractivity contribution in [3.05, 3.63) is 52.3 Å². The molecule has 2 aromatic carbocycles. The van der Waals surface area contributed by atoms with Gasteiger partial charge in [0.05, 0.1) is 23.3 Å². The van der Waals surface area contributed by atoms with E-state index in [0.717, 1.165) is 5.56 Å². The van der Waals surface area contributed by atoms with Gasteiger partial charge in [-0.2, -0.15) is 5.26 Å². The number of alkyl halides is 1. The quantitative estimate of drug-likeness (QED) is 0.583. The Bertz CT molecular complexity index is 1070. The summed E-state index contributed by atoms with van der Waals surface area (Å²) < 4.78 is 18.9. The number of benzene rings is 2. The zero-order valence-corrected chi connectivity index (χ0v) is 15.8. The molecule has 3 aromatic rings. The van der Waals surface area contributed by atoms with E-state index in [9.17, 15) is 9.65 Å². The summed E-state index contributed by atoms with van der Waals surface area (Å²) >= 11 is 11.8. The Morgan fingerprint density at radius 3 is 2.74 bits per heavy atom. The predicted octanol–water partition coefficient (Wildman–Crippen LogP) is 5.01. The van der Waals surface area contributed by atoms with Crippen LogP contribution in [-0.4, -0.2) is 18.0 Å². The van der Waals surface area contributed by atoms with Crippen LogP contribution in [0.15, 0.2) is 30.3 Å². The van der Waals surface area contributed by atoms with Crippen molar-refractivity contribution in [2.45, 2.75) is 6.42 Å². The second kappa shape index (κ2) is 7.87. The summed E-state index contributed by atoms with van der Waals surface area (Å²) in [6.45, 7) is 0. The fraction of sp³-hybridized carbons (Fsp3) is 0.158. The van der Waals surface area contributed by atoms with Crippen molar-refractivity contribution in [2.24, 2.45) is 0 Å². The molecule has 1 heterocycles. The molecular formula is C19H15Cl2FN4O. The number of rotatable bonds is 5. The van der Waals surface area contributed by atoms with Crippen LogP contribution in [0.5, 0.6) is 5.75 Å². The van der Waals surface area contributed by atoms with Gasteiger partial charge < -0.3 is 15.8 Å². The molecule has 0 unspecified atom stereocenters. The topological polar surface area (TPSA) is 84.0 Å². The highest BCUT2D eigenvalue weighted by atomic mass is 35.5. The Balaban J connectivity index is 2.25. The third-order valence-electron chi connectivity index (χ3n) is 4.08. The van der Waals surface area contributed by atoms with Gasteiger partial charge in [-0.15, -0.1) is 11.6 Å². The average Bonchev–Trinajstić information content (AvgIpc) is 2.65. The molecule has 0 aliphatic heterocycles. The summed E-state index contributed by atoms with van der Waals surface area (Å²) in [5.41, 5.74) is 8.55. The van der Waals surface area contributed by atoms with Crippen LogP contribution >= 0.6 is 23.2 Å². The van der Waals surface area contributed by atoms with E-state index in [1.807, 2.05) is 6.07 Å². The zero-order valence-electron chi connectivity index (χ0n) is 14.3. The highest BCUT2D eigenvalue weighted by Crippen LogP contribution is 2.36. The monoisotopic (exact) mass is 404 g/mol. The zero-order chi connectivity index (χ0) is 19.6. The first kappa shape index (κ1) is 19.0. The molecule has 0 aliphatic rings. The van der Waals surface area contributed by atoms with Crippen molar-refractivity contribution >= 4 is 51.3 Å². The standard InChI is InChI=1S/C19H15Cl2FN4O/c1-27-17-8-16-12(6-10(17)4-5-20)18(13(9-23)19(24)26-16)25-11-2-3-15(22)14(21)7-11/h2-3,6-8H,4-5H2,1H3,(H3,24,25,26). The summed E-state index contributed by atoms with van der Waals surface area (Å²) in [6.07, 6.45) is 0.578. The number of nitrogens with two attached hydrogens (primary N) is 1. The number of hydrogen-bond donors (Lipinski definition) is 2. The normalized spacial score (nSPS) is 10.6. The molecule has 0 atom stereocenters. The van der Waals surface area contributed by atoms with Crippen molar-refractivity contribution < 1.29 is 9.13 Å². The predicted molar refractivity (Wildman–Crippen MR) is 107 cm³/mol. The molecule has 0 radical (unpaired) electrons. The fourth-order valence-corrected chi connectivity index (χ4v) is 3.19. The number of nitrogens with zero attached hydrogens (tertiary/aromatic N) is 2. The van der Waals surface area contributed by atoms with Crippen molar-refractivity contribution in [1.29, 1.82) is 5.26 Å². The SMILES string of the molecule is COc1cc2nc(N)c(C#N)c(Nc3ccc(F)c(Cl)c3)c2cc1CCCl. The maximum Gasteiger partial charge on any atom is 0.144 e. The van der Waals surface area contributed by atoms with Crippen LogP contribution in [0.2, 0.25) is 5.02 Å². The average molecular weight is 405 g/mol. The lowest BCUT2D eigenvalue weighted by molar-refractivity contribution is 0.411. The van der Waals surface area contributed by atoms with Crippen LogP contribution in [0.3, 0.4) is 0 Å². The third kappa shape index (κ3) is 3.70. The first-order chi connectivity index (χ1) is 13.0. The van der Waals surface area contributed by atoms with E-state index in [-0.39, 0.29) is 16.4 Å². The van der Waals surface area contributed by atoms with Gasteiger partial charge in [-0.05, 0) is 36.2 Å². The Hall–Kier alpha value is -2.75. The number of aromatic nitrogens is 1. The van der Waals surface area contributed by atoms with E-state index in [1.54, 1.807) is 13.2 Å². The number of aryl methyl sites for hydroxylation is 1. The Morgan fingerprint density at radius 2 is 2.11 bits per heavy atom. The number of anilines is 3. The highest BCUT2D eigenvalue weighted by molar-refractivity contribution is 6.31. The van der Waals surface area contributed by atoms with E-state index in [1.165, 1.54) is 18.2 Å². The lowest BCUT2D eigenvalue weighted by Gasteiger charge is -2.16. The third-order valence-corrected chi connectivity index (χ3v) is 4.56. The second-order valence-electron chi connectivity index (χ2n) is 5.73. The fourth-order valence-electron chi connectivity index (χ4n) is 2.80. The van der Waals surface area contributed by atoms with Gasteiger partial charge >= 0.3 is 0 Å². The van der Waals surface area contributed by atoms with Crippen LogP contribution < -0.4 is 15.8 Å². The Morgan fingerprint density at radius 1 is 1.33 bits per heavy atom. The summed E-state index contributed by atoms with van der Waals surface area (Å²) in [4.78, 5) is 4.31. The molecule has 1 aromatic heterocycles. The largest absolute Gasteiger partial charge is 0.496 e. The lowest BCUT2D eigenvalue weighted by Crippen LogP contribution is -2.04. The lowest BCUT2D eigenvalue weighted by atomic mass is 10.0. The molecule has 0 bridgehead atoms. The molecule has 8 heteroatoms. The molecule has 0 fully saturated rings. The number of halogens is 3. The summed E-state index contributed by atoms with van der Waals surface area (Å²) in [5.74, 6) is 0.588. The van der Waals surface area contributed by atoms with Crippen molar-refractivity contribution in [1.82, 2.24) is 4.98 Å². The van der Waals surface area contributed by atoms with Gasteiger partial charge in [0, 0.05) is 23.0 Å². The minimum atomic E-state index is -0.532. The van der Waals surface area contributed by atoms with E-state index in [0.29, 0.717) is 40.3 Å². The second-order valence-corrected chi connectivity index (χ2v) is 6.52. The van der Waals surface area contributed by atoms with Gasteiger partial charge in [0.25, 0.3) is 0 Å². The molecule has 27 heavy (non-hydrogen) atoms. The van der Waals surface area contributed by atoms with Gasteiger partial charge in [0.15, 0.2) is 0 Å². The van der Waals surface area contributed by atoms with Crippen LogP contribution in [0.1, 0.15) is 11.1 Å². The number of ether oxygens (including phenoxy) is 1. The minimum absolute atomic E-state index is 0.0330. The van der Waals surface area contributed by atoms with Crippen molar-refractivity contribution in [2.75, 3.05) is 24.0 Å². The summed E-state index contributed by atoms with van der Waals surface area (Å²) in [6, 6.07) is 9.87. The van der Waals surface area contributed by atoms with Crippen LogP contribution in [0.4, 0.5) is 21.6 Å². The molecule has 0 amide bonds. The van der Waals surface area contributed by atoms with Gasteiger partial charge in [-0.3, -0.25) is 0 Å². The summed E-state index contributed by atoms with van der Waals surface area (Å²) in [5, 5.41) is 13.3. The number of nitrogen functional groups attached to an aromatic ring is 1. The first-order valence-electron chi connectivity index (χ1n) is 7.96. The van der Waals surface area contributed by atoms with E-state index in [4.69, 9.17) is 33.7 Å². The molecule has 0 saturated carbocycles. The van der Waals surface area contributed by atoms with E-state index in [2.05, 4.69) is 16.4 Å².